The first-order chi connectivity index (χ1) is 10.2. The molecule has 0 radical (unpaired) electrons. The van der Waals surface area contributed by atoms with Crippen molar-refractivity contribution in [2.45, 2.75) is 6.54 Å². The van der Waals surface area contributed by atoms with Gasteiger partial charge in [0.15, 0.2) is 17.2 Å². The molecule has 21 heavy (non-hydrogen) atoms. The Morgan fingerprint density at radius 2 is 2.19 bits per heavy atom. The molecule has 0 atom stereocenters. The van der Waals surface area contributed by atoms with Crippen molar-refractivity contribution < 1.29 is 9.13 Å². The number of nitrogens with two attached hydrogens (primary N) is 1. The van der Waals surface area contributed by atoms with Crippen molar-refractivity contribution >= 4 is 11.2 Å². The average molecular weight is 286 g/mol. The van der Waals surface area contributed by atoms with E-state index in [0.29, 0.717) is 18.9 Å². The molecule has 0 aliphatic rings. The van der Waals surface area contributed by atoms with Crippen molar-refractivity contribution in [1.82, 2.24) is 14.5 Å². The van der Waals surface area contributed by atoms with Crippen LogP contribution in [0.4, 0.5) is 4.39 Å². The quantitative estimate of drug-likeness (QED) is 0.798. The Morgan fingerprint density at radius 1 is 1.33 bits per heavy atom. The third-order valence-corrected chi connectivity index (χ3v) is 3.27. The SMILES string of the molecule is COc1cc(-c2nc3cccnc3n2CCN)ccc1F. The fourth-order valence-corrected chi connectivity index (χ4v) is 2.32. The Morgan fingerprint density at radius 3 is 2.95 bits per heavy atom. The molecule has 3 aromatic rings. The van der Waals surface area contributed by atoms with Gasteiger partial charge in [0, 0.05) is 24.8 Å². The van der Waals surface area contributed by atoms with E-state index >= 15 is 0 Å². The maximum Gasteiger partial charge on any atom is 0.165 e. The highest BCUT2D eigenvalue weighted by atomic mass is 19.1. The van der Waals surface area contributed by atoms with Crippen molar-refractivity contribution in [2.24, 2.45) is 5.73 Å². The van der Waals surface area contributed by atoms with E-state index in [1.165, 1.54) is 13.2 Å². The highest BCUT2D eigenvalue weighted by Gasteiger charge is 2.14. The van der Waals surface area contributed by atoms with Gasteiger partial charge < -0.3 is 15.0 Å². The number of methoxy groups -OCH3 is 1. The molecule has 1 aromatic carbocycles. The first kappa shape index (κ1) is 13.5. The molecule has 5 nitrogen and oxygen atoms in total. The van der Waals surface area contributed by atoms with E-state index in [1.807, 2.05) is 16.7 Å². The average Bonchev–Trinajstić information content (AvgIpc) is 2.87. The highest BCUT2D eigenvalue weighted by Crippen LogP contribution is 2.28. The predicted molar refractivity (Wildman–Crippen MR) is 78.5 cm³/mol. The van der Waals surface area contributed by atoms with Crippen LogP contribution < -0.4 is 10.5 Å². The smallest absolute Gasteiger partial charge is 0.165 e. The van der Waals surface area contributed by atoms with Crippen LogP contribution >= 0.6 is 0 Å². The first-order valence-electron chi connectivity index (χ1n) is 6.60. The summed E-state index contributed by atoms with van der Waals surface area (Å²) >= 11 is 0. The minimum atomic E-state index is -0.402. The minimum absolute atomic E-state index is 0.187. The second-order valence-electron chi connectivity index (χ2n) is 4.57. The molecule has 2 aromatic heterocycles. The zero-order valence-corrected chi connectivity index (χ0v) is 11.6. The van der Waals surface area contributed by atoms with Crippen molar-refractivity contribution in [3.05, 3.63) is 42.3 Å². The van der Waals surface area contributed by atoms with Crippen molar-refractivity contribution in [3.63, 3.8) is 0 Å². The lowest BCUT2D eigenvalue weighted by atomic mass is 10.2. The molecular weight excluding hydrogens is 271 g/mol. The third-order valence-electron chi connectivity index (χ3n) is 3.27. The summed E-state index contributed by atoms with van der Waals surface area (Å²) in [6.07, 6.45) is 1.71. The number of hydrogen-bond acceptors (Lipinski definition) is 4. The van der Waals surface area contributed by atoms with Crippen molar-refractivity contribution in [3.8, 4) is 17.1 Å². The van der Waals surface area contributed by atoms with E-state index < -0.39 is 5.82 Å². The molecule has 3 rings (SSSR count). The van der Waals surface area contributed by atoms with Gasteiger partial charge >= 0.3 is 0 Å². The van der Waals surface area contributed by atoms with Crippen LogP contribution in [0.2, 0.25) is 0 Å². The number of halogens is 1. The summed E-state index contributed by atoms with van der Waals surface area (Å²) in [5, 5.41) is 0. The van der Waals surface area contributed by atoms with Gasteiger partial charge in [-0.2, -0.15) is 0 Å². The lowest BCUT2D eigenvalue weighted by Crippen LogP contribution is -2.11. The van der Waals surface area contributed by atoms with Crippen LogP contribution in [-0.2, 0) is 6.54 Å². The lowest BCUT2D eigenvalue weighted by Gasteiger charge is -2.08. The molecule has 6 heteroatoms. The fourth-order valence-electron chi connectivity index (χ4n) is 2.32. The largest absolute Gasteiger partial charge is 0.494 e. The number of rotatable bonds is 4. The van der Waals surface area contributed by atoms with Crippen molar-refractivity contribution in [2.75, 3.05) is 13.7 Å². The first-order valence-corrected chi connectivity index (χ1v) is 6.60. The van der Waals surface area contributed by atoms with E-state index in [9.17, 15) is 4.39 Å². The van der Waals surface area contributed by atoms with Gasteiger partial charge in [0.1, 0.15) is 11.3 Å². The summed E-state index contributed by atoms with van der Waals surface area (Å²) in [5.74, 6) is 0.486. The third kappa shape index (κ3) is 2.34. The highest BCUT2D eigenvalue weighted by molar-refractivity contribution is 5.77. The van der Waals surface area contributed by atoms with Gasteiger partial charge in [-0.25, -0.2) is 14.4 Å². The summed E-state index contributed by atoms with van der Waals surface area (Å²) < 4.78 is 20.5. The number of ether oxygens (including phenoxy) is 1. The van der Waals surface area contributed by atoms with Crippen LogP contribution in [0.15, 0.2) is 36.5 Å². The summed E-state index contributed by atoms with van der Waals surface area (Å²) in [5.41, 5.74) is 7.99. The summed E-state index contributed by atoms with van der Waals surface area (Å²) in [4.78, 5) is 8.92. The Hall–Kier alpha value is -2.47. The number of fused-ring (bicyclic) bond motifs is 1. The molecule has 2 heterocycles. The van der Waals surface area contributed by atoms with Gasteiger partial charge in [-0.1, -0.05) is 0 Å². The molecular formula is C15H15FN4O. The topological polar surface area (TPSA) is 66.0 Å². The van der Waals surface area contributed by atoms with Gasteiger partial charge in [0.05, 0.1) is 7.11 Å². The van der Waals surface area contributed by atoms with Gasteiger partial charge in [-0.05, 0) is 30.3 Å². The number of pyridine rings is 1. The molecule has 0 bridgehead atoms. The second kappa shape index (κ2) is 5.49. The molecule has 0 unspecified atom stereocenters. The van der Waals surface area contributed by atoms with Crippen LogP contribution in [0.5, 0.6) is 5.75 Å². The summed E-state index contributed by atoms with van der Waals surface area (Å²) in [6, 6.07) is 8.39. The molecule has 0 aliphatic heterocycles. The molecule has 2 N–H and O–H groups in total. The van der Waals surface area contributed by atoms with Crippen LogP contribution in [-0.4, -0.2) is 28.2 Å². The monoisotopic (exact) mass is 286 g/mol. The number of nitrogens with zero attached hydrogens (tertiary/aromatic N) is 3. The molecule has 0 saturated carbocycles. The lowest BCUT2D eigenvalue weighted by molar-refractivity contribution is 0.386. The summed E-state index contributed by atoms with van der Waals surface area (Å²) in [7, 11) is 1.44. The van der Waals surface area contributed by atoms with Crippen LogP contribution in [0.1, 0.15) is 0 Å². The van der Waals surface area contributed by atoms with E-state index in [2.05, 4.69) is 9.97 Å². The summed E-state index contributed by atoms with van der Waals surface area (Å²) in [6.45, 7) is 1.05. The van der Waals surface area contributed by atoms with Crippen LogP contribution in [0, 0.1) is 5.82 Å². The standard InChI is InChI=1S/C15H15FN4O/c1-21-13-9-10(4-5-11(13)16)14-19-12-3-2-7-18-15(12)20(14)8-6-17/h2-5,7,9H,6,8,17H2,1H3. The van der Waals surface area contributed by atoms with Crippen molar-refractivity contribution in [1.29, 1.82) is 0 Å². The zero-order valence-electron chi connectivity index (χ0n) is 11.6. The van der Waals surface area contributed by atoms with Gasteiger partial charge in [0.25, 0.3) is 0 Å². The number of benzene rings is 1. The maximum atomic E-state index is 13.6. The van der Waals surface area contributed by atoms with E-state index in [1.54, 1.807) is 18.3 Å². The molecule has 0 amide bonds. The molecule has 0 spiro atoms. The molecule has 0 aliphatic carbocycles. The Labute approximate surface area is 121 Å². The minimum Gasteiger partial charge on any atom is -0.494 e. The normalized spacial score (nSPS) is 11.0. The Bertz CT molecular complexity index is 784. The zero-order chi connectivity index (χ0) is 14.8. The molecule has 108 valence electrons. The Balaban J connectivity index is 2.21. The molecule has 0 fully saturated rings. The predicted octanol–water partition coefficient (Wildman–Crippen LogP) is 2.20. The van der Waals surface area contributed by atoms with Gasteiger partial charge in [-0.3, -0.25) is 0 Å². The number of imidazole rings is 1. The second-order valence-corrected chi connectivity index (χ2v) is 4.57. The fraction of sp³-hybridized carbons (Fsp3) is 0.200. The Kier molecular flexibility index (Phi) is 3.53. The van der Waals surface area contributed by atoms with Gasteiger partial charge in [-0.15, -0.1) is 0 Å². The number of aromatic nitrogens is 3. The molecule has 0 saturated heterocycles. The van der Waals surface area contributed by atoms with E-state index in [0.717, 1.165) is 16.7 Å². The van der Waals surface area contributed by atoms with E-state index in [-0.39, 0.29) is 5.75 Å². The maximum absolute atomic E-state index is 13.6. The van der Waals surface area contributed by atoms with Gasteiger partial charge in [0.2, 0.25) is 0 Å². The number of hydrogen-bond donors (Lipinski definition) is 1. The van der Waals surface area contributed by atoms with Crippen LogP contribution in [0.3, 0.4) is 0 Å². The van der Waals surface area contributed by atoms with E-state index in [4.69, 9.17) is 10.5 Å². The van der Waals surface area contributed by atoms with Crippen LogP contribution in [0.25, 0.3) is 22.6 Å².